The van der Waals surface area contributed by atoms with Crippen molar-refractivity contribution in [3.63, 3.8) is 0 Å². The number of hydrogen-bond donors (Lipinski definition) is 3. The number of benzene rings is 1. The quantitative estimate of drug-likeness (QED) is 0.488. The lowest BCUT2D eigenvalue weighted by Crippen LogP contribution is -2.56. The number of nitrogens with one attached hydrogen (secondary N) is 3. The average Bonchev–Trinajstić information content (AvgIpc) is 3.29. The molecule has 1 saturated heterocycles. The SMILES string of the molecule is CC(=O)N[C@@H](C)C(=O)N[C@@H](Cc1ccccc1)C(=O)NC(=O)[C@@H]1CCCN1c1cccnc1Cl. The monoisotopic (exact) mass is 485 g/mol. The van der Waals surface area contributed by atoms with E-state index in [0.717, 1.165) is 12.0 Å². The Hall–Kier alpha value is -3.46. The maximum Gasteiger partial charge on any atom is 0.249 e. The number of hydrogen-bond acceptors (Lipinski definition) is 6. The number of carbonyl (C=O) groups excluding carboxylic acids is 4. The third-order valence-corrected chi connectivity index (χ3v) is 5.87. The standard InChI is InChI=1S/C24H28ClN5O4/c1-15(27-16(2)31)22(32)28-18(14-17-8-4-3-5-9-17)23(33)29-24(34)20-11-7-13-30(20)19-10-6-12-26-21(19)25/h3-6,8-10,12,15,18,20H,7,11,13-14H2,1-2H3,(H,27,31)(H,28,32)(H,29,33,34)/t15-,18-,20-/m0/s1. The fourth-order valence-corrected chi connectivity index (χ4v) is 4.17. The highest BCUT2D eigenvalue weighted by atomic mass is 35.5. The van der Waals surface area contributed by atoms with E-state index >= 15 is 0 Å². The molecule has 10 heteroatoms. The third-order valence-electron chi connectivity index (χ3n) is 5.58. The van der Waals surface area contributed by atoms with Gasteiger partial charge in [0.25, 0.3) is 0 Å². The summed E-state index contributed by atoms with van der Waals surface area (Å²) in [7, 11) is 0. The number of imide groups is 1. The first-order valence-electron chi connectivity index (χ1n) is 11.1. The van der Waals surface area contributed by atoms with Gasteiger partial charge in [-0.05, 0) is 37.5 Å². The second-order valence-electron chi connectivity index (χ2n) is 8.19. The Morgan fingerprint density at radius 1 is 1.09 bits per heavy atom. The molecule has 1 aliphatic rings. The maximum absolute atomic E-state index is 13.1. The van der Waals surface area contributed by atoms with E-state index < -0.39 is 35.8 Å². The number of amides is 4. The first-order chi connectivity index (χ1) is 16.3. The van der Waals surface area contributed by atoms with Crippen LogP contribution in [0, 0.1) is 0 Å². The number of pyridine rings is 1. The number of carbonyl (C=O) groups is 4. The molecule has 0 aliphatic carbocycles. The van der Waals surface area contributed by atoms with Gasteiger partial charge in [0.2, 0.25) is 23.6 Å². The van der Waals surface area contributed by atoms with Crippen LogP contribution in [-0.2, 0) is 25.6 Å². The predicted molar refractivity (Wildman–Crippen MR) is 128 cm³/mol. The summed E-state index contributed by atoms with van der Waals surface area (Å²) in [5, 5.41) is 7.89. The molecule has 1 aromatic carbocycles. The lowest BCUT2D eigenvalue weighted by molar-refractivity contribution is -0.135. The summed E-state index contributed by atoms with van der Waals surface area (Å²) in [6.07, 6.45) is 3.07. The van der Waals surface area contributed by atoms with E-state index in [1.807, 2.05) is 35.2 Å². The van der Waals surface area contributed by atoms with Crippen molar-refractivity contribution in [2.24, 2.45) is 0 Å². The number of aromatic nitrogens is 1. The summed E-state index contributed by atoms with van der Waals surface area (Å²) >= 11 is 6.21. The Bertz CT molecular complexity index is 1050. The Kier molecular flexibility index (Phi) is 8.59. The van der Waals surface area contributed by atoms with Gasteiger partial charge in [-0.25, -0.2) is 4.98 Å². The number of anilines is 1. The van der Waals surface area contributed by atoms with Gasteiger partial charge in [-0.15, -0.1) is 0 Å². The van der Waals surface area contributed by atoms with Crippen LogP contribution in [0.1, 0.15) is 32.3 Å². The second kappa shape index (κ2) is 11.6. The van der Waals surface area contributed by atoms with Crippen molar-refractivity contribution < 1.29 is 19.2 Å². The molecular weight excluding hydrogens is 458 g/mol. The van der Waals surface area contributed by atoms with E-state index in [-0.39, 0.29) is 17.5 Å². The van der Waals surface area contributed by atoms with Crippen molar-refractivity contribution in [3.05, 3.63) is 59.4 Å². The van der Waals surface area contributed by atoms with Gasteiger partial charge in [-0.2, -0.15) is 0 Å². The van der Waals surface area contributed by atoms with Gasteiger partial charge >= 0.3 is 0 Å². The van der Waals surface area contributed by atoms with Gasteiger partial charge in [-0.1, -0.05) is 41.9 Å². The average molecular weight is 486 g/mol. The van der Waals surface area contributed by atoms with Crippen LogP contribution < -0.4 is 20.9 Å². The van der Waals surface area contributed by atoms with Crippen LogP contribution in [0.2, 0.25) is 5.15 Å². The van der Waals surface area contributed by atoms with Crippen molar-refractivity contribution in [3.8, 4) is 0 Å². The third kappa shape index (κ3) is 6.54. The number of halogens is 1. The molecule has 3 atom stereocenters. The van der Waals surface area contributed by atoms with Gasteiger partial charge in [0, 0.05) is 26.1 Å². The van der Waals surface area contributed by atoms with E-state index in [0.29, 0.717) is 18.7 Å². The van der Waals surface area contributed by atoms with Crippen molar-refractivity contribution in [1.29, 1.82) is 0 Å². The number of nitrogens with zero attached hydrogens (tertiary/aromatic N) is 2. The molecule has 0 radical (unpaired) electrons. The van der Waals surface area contributed by atoms with Crippen molar-refractivity contribution >= 4 is 40.9 Å². The van der Waals surface area contributed by atoms with Gasteiger partial charge in [0.15, 0.2) is 5.15 Å². The summed E-state index contributed by atoms with van der Waals surface area (Å²) in [4.78, 5) is 56.0. The van der Waals surface area contributed by atoms with Crippen LogP contribution in [0.15, 0.2) is 48.7 Å². The molecule has 2 aromatic rings. The van der Waals surface area contributed by atoms with Crippen LogP contribution in [0.5, 0.6) is 0 Å². The summed E-state index contributed by atoms with van der Waals surface area (Å²) in [5.41, 5.74) is 1.44. The van der Waals surface area contributed by atoms with E-state index in [9.17, 15) is 19.2 Å². The summed E-state index contributed by atoms with van der Waals surface area (Å²) < 4.78 is 0. The zero-order chi connectivity index (χ0) is 24.7. The fourth-order valence-electron chi connectivity index (χ4n) is 3.94. The lowest BCUT2D eigenvalue weighted by atomic mass is 10.0. The molecule has 0 spiro atoms. The van der Waals surface area contributed by atoms with E-state index in [1.165, 1.54) is 13.8 Å². The van der Waals surface area contributed by atoms with Crippen molar-refractivity contribution in [2.45, 2.75) is 51.2 Å². The topological polar surface area (TPSA) is 120 Å². The van der Waals surface area contributed by atoms with Crippen LogP contribution >= 0.6 is 11.6 Å². The summed E-state index contributed by atoms with van der Waals surface area (Å²) in [6.45, 7) is 3.43. The molecule has 0 unspecified atom stereocenters. The molecule has 34 heavy (non-hydrogen) atoms. The second-order valence-corrected chi connectivity index (χ2v) is 8.55. The highest BCUT2D eigenvalue weighted by molar-refractivity contribution is 6.32. The van der Waals surface area contributed by atoms with Gasteiger partial charge < -0.3 is 15.5 Å². The molecule has 1 aromatic heterocycles. The molecule has 1 aliphatic heterocycles. The number of rotatable bonds is 8. The molecular formula is C24H28ClN5O4. The maximum atomic E-state index is 13.1. The van der Waals surface area contributed by atoms with Gasteiger partial charge in [0.05, 0.1) is 5.69 Å². The Labute approximate surface area is 203 Å². The first kappa shape index (κ1) is 25.2. The largest absolute Gasteiger partial charge is 0.357 e. The Balaban J connectivity index is 1.73. The Morgan fingerprint density at radius 2 is 1.82 bits per heavy atom. The lowest BCUT2D eigenvalue weighted by Gasteiger charge is -2.27. The van der Waals surface area contributed by atoms with Crippen molar-refractivity contribution in [1.82, 2.24) is 20.9 Å². The van der Waals surface area contributed by atoms with Crippen molar-refractivity contribution in [2.75, 3.05) is 11.4 Å². The fraction of sp³-hybridized carbons (Fsp3) is 0.375. The predicted octanol–water partition coefficient (Wildman–Crippen LogP) is 1.60. The molecule has 180 valence electrons. The minimum Gasteiger partial charge on any atom is -0.357 e. The van der Waals surface area contributed by atoms with E-state index in [2.05, 4.69) is 20.9 Å². The smallest absolute Gasteiger partial charge is 0.249 e. The zero-order valence-corrected chi connectivity index (χ0v) is 19.8. The molecule has 3 rings (SSSR count). The normalized spacial score (nSPS) is 16.9. The van der Waals surface area contributed by atoms with Crippen LogP contribution in [0.4, 0.5) is 5.69 Å². The molecule has 4 amide bonds. The summed E-state index contributed by atoms with van der Waals surface area (Å²) in [5.74, 6) is -1.98. The molecule has 9 nitrogen and oxygen atoms in total. The van der Waals surface area contributed by atoms with Gasteiger partial charge in [-0.3, -0.25) is 24.5 Å². The summed E-state index contributed by atoms with van der Waals surface area (Å²) in [6, 6.07) is 10.2. The van der Waals surface area contributed by atoms with E-state index in [1.54, 1.807) is 18.3 Å². The zero-order valence-electron chi connectivity index (χ0n) is 19.1. The minimum absolute atomic E-state index is 0.182. The van der Waals surface area contributed by atoms with Crippen LogP contribution in [0.25, 0.3) is 0 Å². The molecule has 0 saturated carbocycles. The highest BCUT2D eigenvalue weighted by Crippen LogP contribution is 2.30. The van der Waals surface area contributed by atoms with Gasteiger partial charge in [0.1, 0.15) is 18.1 Å². The van der Waals surface area contributed by atoms with E-state index in [4.69, 9.17) is 11.6 Å². The highest BCUT2D eigenvalue weighted by Gasteiger charge is 2.34. The Morgan fingerprint density at radius 3 is 2.50 bits per heavy atom. The first-order valence-corrected chi connectivity index (χ1v) is 11.5. The molecule has 2 heterocycles. The molecule has 0 bridgehead atoms. The molecule has 3 N–H and O–H groups in total. The molecule has 1 fully saturated rings. The van der Waals surface area contributed by atoms with Crippen LogP contribution in [0.3, 0.4) is 0 Å². The van der Waals surface area contributed by atoms with Crippen LogP contribution in [-0.4, -0.2) is 53.3 Å². The minimum atomic E-state index is -1.01.